The van der Waals surface area contributed by atoms with E-state index in [4.69, 9.17) is 4.74 Å². The van der Waals surface area contributed by atoms with Gasteiger partial charge in [-0.05, 0) is 35.9 Å². The summed E-state index contributed by atoms with van der Waals surface area (Å²) in [6.07, 6.45) is 2.47. The number of amides is 1. The summed E-state index contributed by atoms with van der Waals surface area (Å²) in [5.74, 6) is -2.15. The fraction of sp³-hybridized carbons (Fsp3) is 0.167. The molecule has 1 N–H and O–H groups in total. The number of hydrogen-bond acceptors (Lipinski definition) is 4. The molecule has 0 saturated carbocycles. The molecule has 0 fully saturated rings. The molecule has 2 aromatic carbocycles. The highest BCUT2D eigenvalue weighted by Gasteiger charge is 2.22. The molecule has 0 saturated heterocycles. The highest BCUT2D eigenvalue weighted by molar-refractivity contribution is 7.89. The molecule has 0 aromatic heterocycles. The molecule has 0 spiro atoms. The number of methoxy groups -OCH3 is 1. The van der Waals surface area contributed by atoms with Gasteiger partial charge in [0.1, 0.15) is 22.3 Å². The first-order valence-corrected chi connectivity index (χ1v) is 9.14. The Morgan fingerprint density at radius 1 is 1.15 bits per heavy atom. The zero-order valence-electron chi connectivity index (χ0n) is 14.9. The molecule has 2 aromatic rings. The summed E-state index contributed by atoms with van der Waals surface area (Å²) >= 11 is 0. The molecule has 1 amide bonds. The summed E-state index contributed by atoms with van der Waals surface area (Å²) in [4.78, 5) is 11.9. The van der Waals surface area contributed by atoms with Gasteiger partial charge in [0.05, 0.1) is 12.8 Å². The van der Waals surface area contributed by atoms with Crippen LogP contribution in [0.2, 0.25) is 0 Å². The van der Waals surface area contributed by atoms with Crippen LogP contribution < -0.4 is 10.1 Å². The van der Waals surface area contributed by atoms with E-state index in [9.17, 15) is 22.0 Å². The lowest BCUT2D eigenvalue weighted by molar-refractivity contribution is -0.111. The molecule has 0 unspecified atom stereocenters. The Kier molecular flexibility index (Phi) is 6.29. The van der Waals surface area contributed by atoms with Crippen LogP contribution in [0.5, 0.6) is 5.75 Å². The second-order valence-electron chi connectivity index (χ2n) is 5.64. The van der Waals surface area contributed by atoms with E-state index in [1.165, 1.54) is 39.4 Å². The average Bonchev–Trinajstić information content (AvgIpc) is 2.62. The number of ether oxygens (including phenoxy) is 1. The van der Waals surface area contributed by atoms with E-state index >= 15 is 0 Å². The minimum atomic E-state index is -3.75. The van der Waals surface area contributed by atoms with Gasteiger partial charge >= 0.3 is 0 Å². The summed E-state index contributed by atoms with van der Waals surface area (Å²) in [6.45, 7) is 0. The van der Waals surface area contributed by atoms with Crippen molar-refractivity contribution in [3.05, 3.63) is 59.7 Å². The SMILES string of the molecule is COc1ccc(/C=C/C(=O)Nc2ccc(F)cc2F)cc1S(=O)(=O)N(C)C. The zero-order chi connectivity index (χ0) is 20.2. The van der Waals surface area contributed by atoms with Crippen LogP contribution in [-0.2, 0) is 14.8 Å². The number of carbonyl (C=O) groups is 1. The highest BCUT2D eigenvalue weighted by atomic mass is 32.2. The van der Waals surface area contributed by atoms with Crippen LogP contribution in [0.4, 0.5) is 14.5 Å². The van der Waals surface area contributed by atoms with Gasteiger partial charge < -0.3 is 10.1 Å². The van der Waals surface area contributed by atoms with Gasteiger partial charge in [-0.25, -0.2) is 21.5 Å². The van der Waals surface area contributed by atoms with Gasteiger partial charge in [-0.2, -0.15) is 0 Å². The molecule has 2 rings (SSSR count). The Morgan fingerprint density at radius 3 is 2.44 bits per heavy atom. The first-order chi connectivity index (χ1) is 12.6. The third-order valence-corrected chi connectivity index (χ3v) is 5.40. The summed E-state index contributed by atoms with van der Waals surface area (Å²) in [7, 11) is 0.383. The van der Waals surface area contributed by atoms with E-state index in [1.807, 2.05) is 0 Å². The van der Waals surface area contributed by atoms with E-state index in [0.29, 0.717) is 11.6 Å². The zero-order valence-corrected chi connectivity index (χ0v) is 15.7. The van der Waals surface area contributed by atoms with Crippen LogP contribution in [0, 0.1) is 11.6 Å². The molecule has 0 bridgehead atoms. The van der Waals surface area contributed by atoms with Crippen LogP contribution in [0.15, 0.2) is 47.4 Å². The first-order valence-electron chi connectivity index (χ1n) is 7.70. The number of halogens is 2. The Morgan fingerprint density at radius 2 is 1.85 bits per heavy atom. The van der Waals surface area contributed by atoms with E-state index < -0.39 is 27.6 Å². The van der Waals surface area contributed by atoms with Crippen molar-refractivity contribution >= 4 is 27.7 Å². The van der Waals surface area contributed by atoms with Crippen LogP contribution in [-0.4, -0.2) is 39.8 Å². The maximum atomic E-state index is 13.6. The Bertz CT molecular complexity index is 989. The van der Waals surface area contributed by atoms with Crippen molar-refractivity contribution in [3.8, 4) is 5.75 Å². The number of rotatable bonds is 6. The number of nitrogens with one attached hydrogen (secondary N) is 1. The first kappa shape index (κ1) is 20.5. The lowest BCUT2D eigenvalue weighted by Crippen LogP contribution is -2.22. The quantitative estimate of drug-likeness (QED) is 0.762. The molecule has 27 heavy (non-hydrogen) atoms. The lowest BCUT2D eigenvalue weighted by atomic mass is 10.2. The third-order valence-electron chi connectivity index (χ3n) is 3.56. The molecule has 0 radical (unpaired) electrons. The summed E-state index contributed by atoms with van der Waals surface area (Å²) in [5.41, 5.74) is 0.252. The maximum Gasteiger partial charge on any atom is 0.248 e. The molecule has 6 nitrogen and oxygen atoms in total. The summed E-state index contributed by atoms with van der Waals surface area (Å²) in [6, 6.07) is 7.16. The van der Waals surface area contributed by atoms with Gasteiger partial charge in [-0.3, -0.25) is 4.79 Å². The minimum absolute atomic E-state index is 0.0536. The van der Waals surface area contributed by atoms with Gasteiger partial charge in [0.15, 0.2) is 0 Å². The van der Waals surface area contributed by atoms with Gasteiger partial charge in [0.2, 0.25) is 15.9 Å². The van der Waals surface area contributed by atoms with Crippen LogP contribution in [0.1, 0.15) is 5.56 Å². The Balaban J connectivity index is 2.25. The topological polar surface area (TPSA) is 75.7 Å². The number of benzene rings is 2. The van der Waals surface area contributed by atoms with Crippen molar-refractivity contribution in [1.82, 2.24) is 4.31 Å². The van der Waals surface area contributed by atoms with Crippen molar-refractivity contribution in [1.29, 1.82) is 0 Å². The van der Waals surface area contributed by atoms with Crippen molar-refractivity contribution in [3.63, 3.8) is 0 Å². The molecule has 144 valence electrons. The Labute approximate surface area is 156 Å². The fourth-order valence-corrected chi connectivity index (χ4v) is 3.22. The number of carbonyl (C=O) groups excluding carboxylic acids is 1. The number of anilines is 1. The molecule has 0 heterocycles. The van der Waals surface area contributed by atoms with Crippen molar-refractivity contribution < 1.29 is 26.7 Å². The second-order valence-corrected chi connectivity index (χ2v) is 7.76. The average molecular weight is 396 g/mol. The van der Waals surface area contributed by atoms with Crippen molar-refractivity contribution in [2.45, 2.75) is 4.90 Å². The van der Waals surface area contributed by atoms with Gasteiger partial charge in [-0.1, -0.05) is 6.07 Å². The van der Waals surface area contributed by atoms with E-state index in [1.54, 1.807) is 6.07 Å². The monoisotopic (exact) mass is 396 g/mol. The summed E-state index contributed by atoms with van der Waals surface area (Å²) < 4.78 is 57.3. The van der Waals surface area contributed by atoms with E-state index in [2.05, 4.69) is 5.32 Å². The standard InChI is InChI=1S/C18H18F2N2O4S/c1-22(2)27(24,25)17-10-12(4-8-16(17)26-3)5-9-18(23)21-15-7-6-13(19)11-14(15)20/h4-11H,1-3H3,(H,21,23)/b9-5+. The summed E-state index contributed by atoms with van der Waals surface area (Å²) in [5, 5.41) is 2.27. The molecule has 0 aliphatic carbocycles. The number of nitrogens with zero attached hydrogens (tertiary/aromatic N) is 1. The molecule has 0 aliphatic rings. The van der Waals surface area contributed by atoms with E-state index in [0.717, 1.165) is 22.5 Å². The highest BCUT2D eigenvalue weighted by Crippen LogP contribution is 2.27. The Hall–Kier alpha value is -2.78. The third kappa shape index (κ3) is 4.89. The molecule has 9 heteroatoms. The largest absolute Gasteiger partial charge is 0.495 e. The number of hydrogen-bond donors (Lipinski definition) is 1. The van der Waals surface area contributed by atoms with Crippen LogP contribution >= 0.6 is 0 Å². The molecule has 0 atom stereocenters. The van der Waals surface area contributed by atoms with E-state index in [-0.39, 0.29) is 16.3 Å². The van der Waals surface area contributed by atoms with Gasteiger partial charge in [0.25, 0.3) is 0 Å². The lowest BCUT2D eigenvalue weighted by Gasteiger charge is -2.15. The van der Waals surface area contributed by atoms with Crippen LogP contribution in [0.25, 0.3) is 6.08 Å². The number of sulfonamides is 1. The fourth-order valence-electron chi connectivity index (χ4n) is 2.13. The van der Waals surface area contributed by atoms with Crippen molar-refractivity contribution in [2.75, 3.05) is 26.5 Å². The maximum absolute atomic E-state index is 13.6. The molecular weight excluding hydrogens is 378 g/mol. The predicted molar refractivity (Wildman–Crippen MR) is 97.9 cm³/mol. The predicted octanol–water partition coefficient (Wildman–Crippen LogP) is 2.88. The van der Waals surface area contributed by atoms with Gasteiger partial charge in [-0.15, -0.1) is 0 Å². The minimum Gasteiger partial charge on any atom is -0.495 e. The smallest absolute Gasteiger partial charge is 0.248 e. The normalized spacial score (nSPS) is 11.8. The van der Waals surface area contributed by atoms with Crippen molar-refractivity contribution in [2.24, 2.45) is 0 Å². The van der Waals surface area contributed by atoms with Gasteiger partial charge in [0, 0.05) is 26.2 Å². The second kappa shape index (κ2) is 8.28. The molecular formula is C18H18F2N2O4S. The molecule has 0 aliphatic heterocycles. The van der Waals surface area contributed by atoms with Crippen LogP contribution in [0.3, 0.4) is 0 Å².